The number of nitrogens with zero attached hydrogens (tertiary/aromatic N) is 1. The van der Waals surface area contributed by atoms with Crippen LogP contribution in [0.5, 0.6) is 0 Å². The SMILES string of the molecule is COC(=O)N[C@@H](C[C@@H]1CC[C@@H](C)[C@](O)(C(=O)C(=O)N2CCCC[C@H]2C(C)=O)O1)/C(C)=C/C=C/C=C/[C@@H](C)C[C@@H](C)C(=O)[C@H](OC)[C@H](O)/C(C)=C/[C@@H](C)C(=O)C[C@H](O)[C@H](C)C[C@@H]1CC[C@@H](O)[C@H](OC)C1. The molecule has 69 heavy (non-hydrogen) atoms. The third-order valence-electron chi connectivity index (χ3n) is 14.7. The largest absolute Gasteiger partial charge is 0.453 e. The maximum absolute atomic E-state index is 13.6. The average Bonchev–Trinajstić information content (AvgIpc) is 3.32. The van der Waals surface area contributed by atoms with E-state index in [4.69, 9.17) is 18.9 Å². The molecule has 16 heteroatoms. The van der Waals surface area contributed by atoms with Crippen molar-refractivity contribution in [3.8, 4) is 0 Å². The van der Waals surface area contributed by atoms with Gasteiger partial charge in [0.1, 0.15) is 18.0 Å². The molecule has 16 nitrogen and oxygen atoms in total. The summed E-state index contributed by atoms with van der Waals surface area (Å²) < 4.78 is 21.8. The van der Waals surface area contributed by atoms with Crippen LogP contribution in [0.2, 0.25) is 0 Å². The normalized spacial score (nSPS) is 28.5. The number of allylic oxidation sites excluding steroid dienone is 6. The van der Waals surface area contributed by atoms with Crippen molar-refractivity contribution >= 4 is 35.1 Å². The van der Waals surface area contributed by atoms with E-state index < -0.39 is 83.9 Å². The number of methoxy groups -OCH3 is 3. The minimum Gasteiger partial charge on any atom is -0.453 e. The van der Waals surface area contributed by atoms with Gasteiger partial charge in [0.15, 0.2) is 11.6 Å². The Morgan fingerprint density at radius 2 is 1.58 bits per heavy atom. The van der Waals surface area contributed by atoms with E-state index in [1.807, 2.05) is 32.9 Å². The van der Waals surface area contributed by atoms with Crippen molar-refractivity contribution in [3.05, 3.63) is 47.6 Å². The number of hydrogen-bond acceptors (Lipinski definition) is 14. The van der Waals surface area contributed by atoms with Gasteiger partial charge >= 0.3 is 6.09 Å². The van der Waals surface area contributed by atoms with Crippen molar-refractivity contribution in [3.63, 3.8) is 0 Å². The van der Waals surface area contributed by atoms with Gasteiger partial charge in [-0.3, -0.25) is 24.0 Å². The zero-order valence-electron chi connectivity index (χ0n) is 43.1. The molecule has 0 unspecified atom stereocenters. The quantitative estimate of drug-likeness (QED) is 0.0406. The molecule has 1 saturated carbocycles. The van der Waals surface area contributed by atoms with Gasteiger partial charge in [0.25, 0.3) is 11.7 Å². The number of carbonyl (C=O) groups is 6. The molecule has 1 aliphatic carbocycles. The highest BCUT2D eigenvalue weighted by atomic mass is 16.6. The van der Waals surface area contributed by atoms with E-state index in [9.17, 15) is 49.2 Å². The summed E-state index contributed by atoms with van der Waals surface area (Å²) in [6.45, 7) is 14.1. The lowest BCUT2D eigenvalue weighted by atomic mass is 9.78. The Morgan fingerprint density at radius 1 is 0.884 bits per heavy atom. The van der Waals surface area contributed by atoms with Gasteiger partial charge in [-0.1, -0.05) is 76.6 Å². The van der Waals surface area contributed by atoms with Crippen LogP contribution in [0.25, 0.3) is 0 Å². The lowest BCUT2D eigenvalue weighted by Gasteiger charge is -2.42. The van der Waals surface area contributed by atoms with Gasteiger partial charge in [-0.25, -0.2) is 4.79 Å². The minimum absolute atomic E-state index is 0.0415. The second kappa shape index (κ2) is 28.2. The number of hydrogen-bond donors (Lipinski definition) is 5. The summed E-state index contributed by atoms with van der Waals surface area (Å²) in [6.07, 6.45) is 11.6. The Hall–Kier alpha value is -3.90. The summed E-state index contributed by atoms with van der Waals surface area (Å²) in [5.74, 6) is -6.79. The number of ether oxygens (including phenoxy) is 4. The molecule has 2 amide bonds. The second-order valence-corrected chi connectivity index (χ2v) is 20.3. The van der Waals surface area contributed by atoms with Gasteiger partial charge in [-0.05, 0) is 115 Å². The topological polar surface area (TPSA) is 236 Å². The van der Waals surface area contributed by atoms with Crippen molar-refractivity contribution in [2.75, 3.05) is 27.9 Å². The molecule has 3 rings (SSSR count). The van der Waals surface area contributed by atoms with Crippen molar-refractivity contribution in [2.45, 2.75) is 187 Å². The molecule has 0 aromatic carbocycles. The average molecular weight is 973 g/mol. The molecule has 5 N–H and O–H groups in total. The number of rotatable bonds is 25. The summed E-state index contributed by atoms with van der Waals surface area (Å²) in [4.78, 5) is 79.8. The first-order chi connectivity index (χ1) is 32.5. The highest BCUT2D eigenvalue weighted by Gasteiger charge is 2.52. The number of nitrogens with one attached hydrogen (secondary N) is 1. The number of ketones is 4. The van der Waals surface area contributed by atoms with Crippen molar-refractivity contribution in [1.82, 2.24) is 10.2 Å². The van der Waals surface area contributed by atoms with Gasteiger partial charge in [-0.15, -0.1) is 0 Å². The van der Waals surface area contributed by atoms with Crippen LogP contribution >= 0.6 is 0 Å². The zero-order chi connectivity index (χ0) is 51.7. The number of piperidine rings is 1. The first kappa shape index (κ1) is 59.4. The molecule has 3 aliphatic rings. The van der Waals surface area contributed by atoms with Crippen LogP contribution in [-0.4, -0.2) is 143 Å². The van der Waals surface area contributed by atoms with Crippen LogP contribution in [0.15, 0.2) is 47.6 Å². The number of likely N-dealkylation sites (tertiary alicyclic amines) is 1. The van der Waals surface area contributed by atoms with Gasteiger partial charge in [0.2, 0.25) is 5.79 Å². The van der Waals surface area contributed by atoms with Crippen LogP contribution < -0.4 is 5.32 Å². The lowest BCUT2D eigenvalue weighted by molar-refractivity contribution is -0.264. The maximum Gasteiger partial charge on any atom is 0.407 e. The molecule has 15 atom stereocenters. The van der Waals surface area contributed by atoms with E-state index in [-0.39, 0.29) is 60.6 Å². The predicted molar refractivity (Wildman–Crippen MR) is 260 cm³/mol. The lowest BCUT2D eigenvalue weighted by Crippen LogP contribution is -2.60. The van der Waals surface area contributed by atoms with E-state index in [2.05, 4.69) is 5.32 Å². The fourth-order valence-corrected chi connectivity index (χ4v) is 10.0. The van der Waals surface area contributed by atoms with Gasteiger partial charge in [-0.2, -0.15) is 0 Å². The third kappa shape index (κ3) is 17.1. The summed E-state index contributed by atoms with van der Waals surface area (Å²) in [6, 6.07) is -1.35. The molecule has 0 radical (unpaired) electrons. The van der Waals surface area contributed by atoms with E-state index in [0.717, 1.165) is 24.8 Å². The molecule has 3 fully saturated rings. The van der Waals surface area contributed by atoms with Gasteiger partial charge < -0.3 is 49.6 Å². The minimum atomic E-state index is -2.40. The number of alkyl carbamates (subject to hydrolysis) is 1. The van der Waals surface area contributed by atoms with Crippen LogP contribution in [0.3, 0.4) is 0 Å². The molecular formula is C53H84N2O14. The highest BCUT2D eigenvalue weighted by molar-refractivity contribution is 6.39. The van der Waals surface area contributed by atoms with E-state index >= 15 is 0 Å². The summed E-state index contributed by atoms with van der Waals surface area (Å²) >= 11 is 0. The third-order valence-corrected chi connectivity index (χ3v) is 14.7. The molecule has 0 bridgehead atoms. The van der Waals surface area contributed by atoms with Crippen LogP contribution in [0, 0.1) is 35.5 Å². The first-order valence-electron chi connectivity index (χ1n) is 25.0. The van der Waals surface area contributed by atoms with Gasteiger partial charge in [0.05, 0.1) is 43.6 Å². The predicted octanol–water partition coefficient (Wildman–Crippen LogP) is 5.91. The Kier molecular flexibility index (Phi) is 24.3. The van der Waals surface area contributed by atoms with Crippen molar-refractivity contribution in [1.29, 1.82) is 0 Å². The number of Topliss-reactive ketones (excluding diaryl/α,β-unsaturated/α-hetero) is 4. The van der Waals surface area contributed by atoms with E-state index in [0.29, 0.717) is 50.5 Å². The van der Waals surface area contributed by atoms with Crippen LogP contribution in [0.4, 0.5) is 4.79 Å². The van der Waals surface area contributed by atoms with Crippen molar-refractivity contribution in [2.24, 2.45) is 35.5 Å². The number of carbonyl (C=O) groups excluding carboxylic acids is 6. The zero-order valence-corrected chi connectivity index (χ0v) is 43.1. The fourth-order valence-electron chi connectivity index (χ4n) is 10.0. The molecule has 2 aliphatic heterocycles. The maximum atomic E-state index is 13.6. The Morgan fingerprint density at radius 3 is 2.22 bits per heavy atom. The highest BCUT2D eigenvalue weighted by Crippen LogP contribution is 2.37. The Bertz CT molecular complexity index is 1860. The molecular weight excluding hydrogens is 889 g/mol. The number of aliphatic hydroxyl groups excluding tert-OH is 3. The molecule has 0 aromatic rings. The monoisotopic (exact) mass is 973 g/mol. The molecule has 0 aromatic heterocycles. The summed E-state index contributed by atoms with van der Waals surface area (Å²) in [5, 5.41) is 46.7. The summed E-state index contributed by atoms with van der Waals surface area (Å²) in [7, 11) is 4.20. The smallest absolute Gasteiger partial charge is 0.407 e. The standard InChI is InChI=1S/C53H84N2O14/c1-31(25-35(5)47(60)49(67-10)48(61)36(6)26-33(3)44(58)30-45(59)34(4)27-39-21-23-43(57)46(28-39)66-9)17-13-12-14-18-32(2)41(54-52(64)68-11)29-40-22-20-37(7)53(65,69-40)50(62)51(63)55-24-16-15-19-42(55)38(8)56/h12-14,17-18,26,31,33-35,37,39-43,45-46,48-49,57,59,61,65H,15-16,19-25,27-30H2,1-11H3,(H,54,64)/b14-12+,17-13+,32-18+,36-26+/t31-,33-,34-,35-,37-,39+,40+,41+,42+,43-,45+,46-,48-,49+,53-/m1/s1. The second-order valence-electron chi connectivity index (χ2n) is 20.3. The molecule has 2 heterocycles. The first-order valence-corrected chi connectivity index (χ1v) is 25.0. The van der Waals surface area contributed by atoms with Crippen LogP contribution in [-0.2, 0) is 42.9 Å². The fraction of sp³-hybridized carbons (Fsp3) is 0.736. The number of amides is 2. The molecule has 2 saturated heterocycles. The van der Waals surface area contributed by atoms with E-state index in [1.54, 1.807) is 59.1 Å². The van der Waals surface area contributed by atoms with Gasteiger partial charge in [0, 0.05) is 44.9 Å². The van der Waals surface area contributed by atoms with Crippen LogP contribution in [0.1, 0.15) is 132 Å². The Balaban J connectivity index is 1.57. The molecule has 0 spiro atoms. The number of aliphatic hydroxyl groups is 4. The summed E-state index contributed by atoms with van der Waals surface area (Å²) in [5.41, 5.74) is 1.14. The molecule has 390 valence electrons. The Labute approximate surface area is 410 Å². The van der Waals surface area contributed by atoms with E-state index in [1.165, 1.54) is 26.0 Å². The van der Waals surface area contributed by atoms with Crippen molar-refractivity contribution < 1.29 is 68.1 Å².